The normalized spacial score (nSPS) is 19.3. The molecule has 6 nitrogen and oxygen atoms in total. The van der Waals surface area contributed by atoms with Crippen LogP contribution in [-0.2, 0) is 21.4 Å². The minimum atomic E-state index is -0.629. The number of likely N-dealkylation sites (tertiary alicyclic amines) is 1. The van der Waals surface area contributed by atoms with E-state index in [1.807, 2.05) is 48.5 Å². The average Bonchev–Trinajstić information content (AvgIpc) is 2.81. The lowest BCUT2D eigenvalue weighted by molar-refractivity contribution is -0.124. The van der Waals surface area contributed by atoms with Crippen LogP contribution < -0.4 is 9.64 Å². The smallest absolute Gasteiger partial charge is 0.227 e. The molecule has 0 saturated carbocycles. The number of carbonyl (C=O) groups excluding carboxylic acids is 2. The molecule has 4 rings (SSSR count). The van der Waals surface area contributed by atoms with Gasteiger partial charge >= 0.3 is 0 Å². The minimum absolute atomic E-state index is 0.108. The van der Waals surface area contributed by atoms with Crippen LogP contribution in [0.15, 0.2) is 48.5 Å². The van der Waals surface area contributed by atoms with Crippen molar-refractivity contribution in [1.82, 2.24) is 4.90 Å². The van der Waals surface area contributed by atoms with Crippen LogP contribution in [0.2, 0.25) is 0 Å². The van der Waals surface area contributed by atoms with Gasteiger partial charge in [-0.1, -0.05) is 36.4 Å². The molecule has 0 aliphatic carbocycles. The fourth-order valence-electron chi connectivity index (χ4n) is 5.04. The average molecular weight is 437 g/mol. The summed E-state index contributed by atoms with van der Waals surface area (Å²) in [5.74, 6) is 1.06. The third kappa shape index (κ3) is 4.43. The van der Waals surface area contributed by atoms with Crippen molar-refractivity contribution >= 4 is 17.4 Å². The van der Waals surface area contributed by atoms with Crippen molar-refractivity contribution in [3.8, 4) is 5.75 Å². The Balaban J connectivity index is 1.33. The molecule has 1 amide bonds. The Bertz CT molecular complexity index is 967. The fourth-order valence-corrected chi connectivity index (χ4v) is 5.04. The van der Waals surface area contributed by atoms with E-state index >= 15 is 0 Å². The van der Waals surface area contributed by atoms with Gasteiger partial charge < -0.3 is 19.6 Å². The molecule has 2 aliphatic heterocycles. The maximum atomic E-state index is 12.6. The van der Waals surface area contributed by atoms with E-state index in [0.717, 1.165) is 48.5 Å². The molecule has 1 N–H and O–H groups in total. The van der Waals surface area contributed by atoms with Gasteiger partial charge in [0, 0.05) is 25.6 Å². The summed E-state index contributed by atoms with van der Waals surface area (Å²) in [5.41, 5.74) is 2.57. The molecule has 1 unspecified atom stereocenters. The first-order valence-corrected chi connectivity index (χ1v) is 11.4. The highest BCUT2D eigenvalue weighted by atomic mass is 16.5. The number of β-amino-alcohol motifs (C(OH)–C–C–N with tert-alkyl or cyclic N) is 1. The largest absolute Gasteiger partial charge is 0.490 e. The van der Waals surface area contributed by atoms with Crippen molar-refractivity contribution < 1.29 is 19.4 Å². The highest BCUT2D eigenvalue weighted by Gasteiger charge is 2.40. The van der Waals surface area contributed by atoms with Gasteiger partial charge in [-0.05, 0) is 57.0 Å². The van der Waals surface area contributed by atoms with E-state index in [0.29, 0.717) is 19.4 Å². The van der Waals surface area contributed by atoms with E-state index in [2.05, 4.69) is 4.90 Å². The maximum Gasteiger partial charge on any atom is 0.227 e. The van der Waals surface area contributed by atoms with Gasteiger partial charge in [-0.15, -0.1) is 0 Å². The third-order valence-electron chi connectivity index (χ3n) is 7.04. The molecule has 2 aromatic carbocycles. The number of carbonyl (C=O) groups is 2. The van der Waals surface area contributed by atoms with E-state index < -0.39 is 11.5 Å². The molecule has 0 bridgehead atoms. The molecule has 170 valence electrons. The molecule has 0 spiro atoms. The summed E-state index contributed by atoms with van der Waals surface area (Å²) in [4.78, 5) is 28.4. The van der Waals surface area contributed by atoms with E-state index in [1.165, 1.54) is 0 Å². The molecule has 1 saturated heterocycles. The number of anilines is 1. The number of amides is 1. The zero-order valence-corrected chi connectivity index (χ0v) is 18.9. The number of aliphatic hydroxyl groups is 1. The van der Waals surface area contributed by atoms with E-state index in [9.17, 15) is 14.7 Å². The molecule has 2 aliphatic rings. The van der Waals surface area contributed by atoms with Crippen LogP contribution in [0.1, 0.15) is 37.3 Å². The maximum absolute atomic E-state index is 12.6. The second kappa shape index (κ2) is 9.43. The highest BCUT2D eigenvalue weighted by molar-refractivity contribution is 5.96. The van der Waals surface area contributed by atoms with Crippen molar-refractivity contribution in [2.45, 2.75) is 44.1 Å². The number of hydrogen-bond donors (Lipinski definition) is 1. The van der Waals surface area contributed by atoms with E-state index in [-0.39, 0.29) is 18.3 Å². The predicted molar refractivity (Wildman–Crippen MR) is 124 cm³/mol. The quantitative estimate of drug-likeness (QED) is 0.723. The lowest BCUT2D eigenvalue weighted by Crippen LogP contribution is -2.48. The summed E-state index contributed by atoms with van der Waals surface area (Å²) < 4.78 is 5.97. The Labute approximate surface area is 189 Å². The Hall–Kier alpha value is -2.70. The predicted octanol–water partition coefficient (Wildman–Crippen LogP) is 2.96. The zero-order valence-electron chi connectivity index (χ0n) is 18.9. The van der Waals surface area contributed by atoms with Crippen molar-refractivity contribution in [3.63, 3.8) is 0 Å². The molecule has 6 heteroatoms. The molecular formula is C26H32N2O4. The highest BCUT2D eigenvalue weighted by Crippen LogP contribution is 2.37. The molecule has 0 radical (unpaired) electrons. The van der Waals surface area contributed by atoms with Crippen molar-refractivity contribution in [1.29, 1.82) is 0 Å². The lowest BCUT2D eigenvalue weighted by Gasteiger charge is -2.41. The van der Waals surface area contributed by atoms with Gasteiger partial charge in [-0.3, -0.25) is 9.59 Å². The van der Waals surface area contributed by atoms with Crippen molar-refractivity contribution in [2.24, 2.45) is 0 Å². The van der Waals surface area contributed by atoms with Gasteiger partial charge in [0.2, 0.25) is 5.91 Å². The number of hydrogen-bond acceptors (Lipinski definition) is 5. The third-order valence-corrected chi connectivity index (χ3v) is 7.04. The van der Waals surface area contributed by atoms with Crippen LogP contribution in [0, 0.1) is 0 Å². The summed E-state index contributed by atoms with van der Waals surface area (Å²) in [6.07, 6.45) is 2.01. The van der Waals surface area contributed by atoms with Crippen LogP contribution >= 0.6 is 0 Å². The Morgan fingerprint density at radius 3 is 2.50 bits per heavy atom. The van der Waals surface area contributed by atoms with Crippen LogP contribution in [0.5, 0.6) is 5.75 Å². The van der Waals surface area contributed by atoms with Crippen LogP contribution in [0.25, 0.3) is 0 Å². The Morgan fingerprint density at radius 2 is 1.81 bits per heavy atom. The summed E-state index contributed by atoms with van der Waals surface area (Å²) in [7, 11) is 1.78. The molecule has 1 fully saturated rings. The second-order valence-corrected chi connectivity index (χ2v) is 8.98. The molecule has 0 aromatic heterocycles. The molecule has 2 heterocycles. The first kappa shape index (κ1) is 22.5. The molecule has 32 heavy (non-hydrogen) atoms. The summed E-state index contributed by atoms with van der Waals surface area (Å²) in [6, 6.07) is 15.8. The standard InChI is InChI=1S/C26H32N2O4/c1-19(29)26(20-7-4-3-5-8-20)13-15-28(16-14-26)17-21(30)18-32-24-10-6-9-23-22(24)11-12-25(31)27(23)2/h3-10,21,30H,11-18H2,1-2H3. The van der Waals surface area contributed by atoms with E-state index in [1.54, 1.807) is 18.9 Å². The van der Waals surface area contributed by atoms with Gasteiger partial charge in [0.25, 0.3) is 0 Å². The molecular weight excluding hydrogens is 404 g/mol. The lowest BCUT2D eigenvalue weighted by atomic mass is 9.70. The van der Waals surface area contributed by atoms with Crippen LogP contribution in [0.3, 0.4) is 0 Å². The van der Waals surface area contributed by atoms with Gasteiger partial charge in [-0.2, -0.15) is 0 Å². The number of rotatable bonds is 7. The number of fused-ring (bicyclic) bond motifs is 1. The number of ketones is 1. The fraction of sp³-hybridized carbons (Fsp3) is 0.462. The van der Waals surface area contributed by atoms with Crippen molar-refractivity contribution in [2.75, 3.05) is 38.2 Å². The Morgan fingerprint density at radius 1 is 1.09 bits per heavy atom. The van der Waals surface area contributed by atoms with Crippen LogP contribution in [0.4, 0.5) is 5.69 Å². The van der Waals surface area contributed by atoms with Gasteiger partial charge in [0.15, 0.2) is 0 Å². The Kier molecular flexibility index (Phi) is 6.63. The van der Waals surface area contributed by atoms with Crippen molar-refractivity contribution in [3.05, 3.63) is 59.7 Å². The number of nitrogens with zero attached hydrogens (tertiary/aromatic N) is 2. The second-order valence-electron chi connectivity index (χ2n) is 8.98. The zero-order chi connectivity index (χ0) is 22.7. The summed E-state index contributed by atoms with van der Waals surface area (Å²) in [6.45, 7) is 3.92. The number of aliphatic hydroxyl groups excluding tert-OH is 1. The summed E-state index contributed by atoms with van der Waals surface area (Å²) in [5, 5.41) is 10.6. The van der Waals surface area contributed by atoms with Crippen LogP contribution in [-0.4, -0.2) is 61.1 Å². The topological polar surface area (TPSA) is 70.1 Å². The summed E-state index contributed by atoms with van der Waals surface area (Å²) >= 11 is 0. The molecule has 1 atom stereocenters. The van der Waals surface area contributed by atoms with Gasteiger partial charge in [-0.25, -0.2) is 0 Å². The first-order valence-electron chi connectivity index (χ1n) is 11.4. The van der Waals surface area contributed by atoms with E-state index in [4.69, 9.17) is 4.74 Å². The van der Waals surface area contributed by atoms with Gasteiger partial charge in [0.1, 0.15) is 24.2 Å². The monoisotopic (exact) mass is 436 g/mol. The number of benzene rings is 2. The number of Topliss-reactive ketones (excluding diaryl/α,β-unsaturated/α-hetero) is 1. The van der Waals surface area contributed by atoms with Gasteiger partial charge in [0.05, 0.1) is 11.1 Å². The first-order chi connectivity index (χ1) is 15.4. The minimum Gasteiger partial charge on any atom is -0.490 e. The SMILES string of the molecule is CC(=O)C1(c2ccccc2)CCN(CC(O)COc2cccc3c2CCC(=O)N3C)CC1. The number of piperidine rings is 1. The number of ether oxygens (including phenoxy) is 1. The molecule has 2 aromatic rings.